The monoisotopic (exact) mass is 312 g/mol. The molecule has 0 amide bonds. The number of hydrogen-bond acceptors (Lipinski definition) is 3. The molecular weight excluding hydrogens is 284 g/mol. The van der Waals surface area contributed by atoms with Crippen molar-refractivity contribution in [1.82, 2.24) is 0 Å². The molecule has 0 fully saturated rings. The van der Waals surface area contributed by atoms with E-state index in [-0.39, 0.29) is 0 Å². The van der Waals surface area contributed by atoms with Crippen molar-refractivity contribution in [3.8, 4) is 0 Å². The van der Waals surface area contributed by atoms with Crippen molar-refractivity contribution >= 4 is 22.7 Å². The molecule has 0 aliphatic heterocycles. The molecule has 0 aromatic carbocycles. The average Bonchev–Trinajstić information content (AvgIpc) is 3.21. The summed E-state index contributed by atoms with van der Waals surface area (Å²) >= 11 is 3.43. The molecule has 0 atom stereocenters. The Balaban J connectivity index is 0.000000298. The summed E-state index contributed by atoms with van der Waals surface area (Å²) in [7, 11) is 0. The van der Waals surface area contributed by atoms with Gasteiger partial charge in [-0.1, -0.05) is 69.7 Å². The molecular formula is C17H28OS2. The lowest BCUT2D eigenvalue weighted by Gasteiger charge is -1.97. The normalized spacial score (nSPS) is 9.10. The van der Waals surface area contributed by atoms with Crippen LogP contribution in [-0.4, -0.2) is 11.7 Å². The molecule has 2 aromatic rings. The van der Waals surface area contributed by atoms with Crippen molar-refractivity contribution in [3.63, 3.8) is 0 Å². The third-order valence-corrected chi connectivity index (χ3v) is 3.87. The molecule has 114 valence electrons. The third kappa shape index (κ3) is 17.4. The van der Waals surface area contributed by atoms with E-state index in [1.54, 1.807) is 22.7 Å². The first kappa shape index (κ1) is 19.4. The molecule has 0 radical (unpaired) electrons. The zero-order chi connectivity index (χ0) is 14.7. The zero-order valence-corrected chi connectivity index (χ0v) is 14.2. The van der Waals surface area contributed by atoms with Crippen molar-refractivity contribution in [2.45, 2.75) is 51.9 Å². The van der Waals surface area contributed by atoms with E-state index in [0.29, 0.717) is 6.61 Å². The largest absolute Gasteiger partial charge is 0.396 e. The van der Waals surface area contributed by atoms with Crippen molar-refractivity contribution < 1.29 is 5.11 Å². The van der Waals surface area contributed by atoms with E-state index in [4.69, 9.17) is 5.11 Å². The summed E-state index contributed by atoms with van der Waals surface area (Å²) in [6, 6.07) is 8.07. The molecule has 0 saturated heterocycles. The minimum absolute atomic E-state index is 0.369. The van der Waals surface area contributed by atoms with Gasteiger partial charge >= 0.3 is 0 Å². The van der Waals surface area contributed by atoms with Crippen LogP contribution in [0.5, 0.6) is 0 Å². The highest BCUT2D eigenvalue weighted by atomic mass is 32.1. The molecule has 0 spiro atoms. The van der Waals surface area contributed by atoms with E-state index in [0.717, 1.165) is 6.42 Å². The molecule has 2 aromatic heterocycles. The maximum atomic E-state index is 8.47. The minimum atomic E-state index is 0.369. The molecule has 1 nitrogen and oxygen atoms in total. The SMILES string of the molecule is CCCCCCCCCO.c1ccsc1.c1ccsc1. The van der Waals surface area contributed by atoms with Crippen LogP contribution in [-0.2, 0) is 0 Å². The van der Waals surface area contributed by atoms with Gasteiger partial charge in [-0.05, 0) is 27.9 Å². The zero-order valence-electron chi connectivity index (χ0n) is 12.5. The molecule has 0 unspecified atom stereocenters. The van der Waals surface area contributed by atoms with E-state index in [9.17, 15) is 0 Å². The fourth-order valence-electron chi connectivity index (χ4n) is 1.52. The van der Waals surface area contributed by atoms with Gasteiger partial charge in [0.15, 0.2) is 0 Å². The van der Waals surface area contributed by atoms with Crippen LogP contribution >= 0.6 is 22.7 Å². The number of thiophene rings is 2. The number of aliphatic hydroxyl groups excluding tert-OH is 1. The maximum Gasteiger partial charge on any atom is 0.0431 e. The van der Waals surface area contributed by atoms with Gasteiger partial charge in [0.2, 0.25) is 0 Å². The van der Waals surface area contributed by atoms with Crippen molar-refractivity contribution in [1.29, 1.82) is 0 Å². The van der Waals surface area contributed by atoms with E-state index in [1.807, 2.05) is 45.8 Å². The van der Waals surface area contributed by atoms with Gasteiger partial charge in [-0.3, -0.25) is 0 Å². The Kier molecular flexibility index (Phi) is 17.8. The predicted octanol–water partition coefficient (Wildman–Crippen LogP) is 6.23. The smallest absolute Gasteiger partial charge is 0.0431 e. The fourth-order valence-corrected chi connectivity index (χ4v) is 2.43. The van der Waals surface area contributed by atoms with Gasteiger partial charge in [0.25, 0.3) is 0 Å². The van der Waals surface area contributed by atoms with Crippen molar-refractivity contribution in [2.75, 3.05) is 6.61 Å². The molecule has 0 bridgehead atoms. The van der Waals surface area contributed by atoms with Crippen LogP contribution in [0.1, 0.15) is 51.9 Å². The summed E-state index contributed by atoms with van der Waals surface area (Å²) < 4.78 is 0. The first-order valence-electron chi connectivity index (χ1n) is 7.47. The van der Waals surface area contributed by atoms with Gasteiger partial charge in [0, 0.05) is 6.61 Å². The summed E-state index contributed by atoms with van der Waals surface area (Å²) in [4.78, 5) is 0. The number of unbranched alkanes of at least 4 members (excludes halogenated alkanes) is 6. The number of hydrogen-bond donors (Lipinski definition) is 1. The van der Waals surface area contributed by atoms with Crippen LogP contribution in [0.2, 0.25) is 0 Å². The standard InChI is InChI=1S/C9H20O.2C4H4S/c1-2-3-4-5-6-7-8-9-10;2*1-2-4-5-3-1/h10H,2-9H2,1H3;2*1-4H. The van der Waals surface area contributed by atoms with E-state index in [2.05, 4.69) is 6.92 Å². The van der Waals surface area contributed by atoms with Gasteiger partial charge in [-0.25, -0.2) is 0 Å². The van der Waals surface area contributed by atoms with Gasteiger partial charge < -0.3 is 5.11 Å². The van der Waals surface area contributed by atoms with E-state index >= 15 is 0 Å². The van der Waals surface area contributed by atoms with Gasteiger partial charge in [-0.2, -0.15) is 22.7 Å². The number of aliphatic hydroxyl groups is 1. The second-order valence-corrected chi connectivity index (χ2v) is 6.06. The minimum Gasteiger partial charge on any atom is -0.396 e. The van der Waals surface area contributed by atoms with Crippen molar-refractivity contribution in [2.24, 2.45) is 0 Å². The van der Waals surface area contributed by atoms with Crippen LogP contribution in [0, 0.1) is 0 Å². The van der Waals surface area contributed by atoms with Crippen LogP contribution < -0.4 is 0 Å². The van der Waals surface area contributed by atoms with Crippen LogP contribution in [0.15, 0.2) is 45.8 Å². The Hall–Kier alpha value is -0.640. The highest BCUT2D eigenvalue weighted by Gasteiger charge is 1.88. The maximum absolute atomic E-state index is 8.47. The third-order valence-electron chi connectivity index (χ3n) is 2.61. The summed E-state index contributed by atoms with van der Waals surface area (Å²) in [6.07, 6.45) is 8.93. The molecule has 0 aliphatic carbocycles. The Morgan fingerprint density at radius 3 is 1.35 bits per heavy atom. The van der Waals surface area contributed by atoms with Crippen LogP contribution in [0.4, 0.5) is 0 Å². The Labute approximate surface area is 132 Å². The molecule has 3 heteroatoms. The summed E-state index contributed by atoms with van der Waals surface area (Å²) in [6.45, 7) is 2.60. The Bertz CT molecular complexity index is 248. The lowest BCUT2D eigenvalue weighted by molar-refractivity contribution is 0.282. The lowest BCUT2D eigenvalue weighted by Crippen LogP contribution is -1.83. The first-order valence-corrected chi connectivity index (χ1v) is 9.35. The number of rotatable bonds is 7. The topological polar surface area (TPSA) is 20.2 Å². The summed E-state index contributed by atoms with van der Waals surface area (Å²) in [5.41, 5.74) is 0. The first-order chi connectivity index (χ1) is 9.91. The Morgan fingerprint density at radius 1 is 0.650 bits per heavy atom. The predicted molar refractivity (Wildman–Crippen MR) is 93.7 cm³/mol. The molecule has 1 N–H and O–H groups in total. The van der Waals surface area contributed by atoms with Gasteiger partial charge in [0.1, 0.15) is 0 Å². The Morgan fingerprint density at radius 2 is 1.05 bits per heavy atom. The highest BCUT2D eigenvalue weighted by Crippen LogP contribution is 2.05. The molecule has 20 heavy (non-hydrogen) atoms. The second-order valence-electron chi connectivity index (χ2n) is 4.43. The average molecular weight is 313 g/mol. The van der Waals surface area contributed by atoms with E-state index in [1.165, 1.54) is 38.5 Å². The van der Waals surface area contributed by atoms with Crippen LogP contribution in [0.3, 0.4) is 0 Å². The fraction of sp³-hybridized carbons (Fsp3) is 0.529. The van der Waals surface area contributed by atoms with Gasteiger partial charge in [0.05, 0.1) is 0 Å². The quantitative estimate of drug-likeness (QED) is 0.601. The molecule has 2 heterocycles. The molecule has 2 rings (SSSR count). The van der Waals surface area contributed by atoms with Crippen LogP contribution in [0.25, 0.3) is 0 Å². The lowest BCUT2D eigenvalue weighted by atomic mass is 10.1. The second kappa shape index (κ2) is 18.4. The molecule has 0 saturated carbocycles. The van der Waals surface area contributed by atoms with Gasteiger partial charge in [-0.15, -0.1) is 0 Å². The molecule has 0 aliphatic rings. The summed E-state index contributed by atoms with van der Waals surface area (Å²) in [5.74, 6) is 0. The van der Waals surface area contributed by atoms with E-state index < -0.39 is 0 Å². The highest BCUT2D eigenvalue weighted by molar-refractivity contribution is 7.08. The summed E-state index contributed by atoms with van der Waals surface area (Å²) in [5, 5.41) is 16.6. The van der Waals surface area contributed by atoms with Crippen molar-refractivity contribution in [3.05, 3.63) is 45.8 Å².